The van der Waals surface area contributed by atoms with Gasteiger partial charge in [0.2, 0.25) is 5.91 Å². The van der Waals surface area contributed by atoms with Crippen molar-refractivity contribution in [1.82, 2.24) is 5.32 Å². The highest BCUT2D eigenvalue weighted by atomic mass is 19.1. The van der Waals surface area contributed by atoms with Gasteiger partial charge in [0.05, 0.1) is 0 Å². The van der Waals surface area contributed by atoms with E-state index in [2.05, 4.69) is 5.32 Å². The first-order valence-corrected chi connectivity index (χ1v) is 5.65. The normalized spacial score (nSPS) is 12.6. The topological polar surface area (TPSA) is 29.1 Å². The molecule has 0 aliphatic rings. The van der Waals surface area contributed by atoms with Crippen molar-refractivity contribution in [3.8, 4) is 0 Å². The number of halogens is 2. The Hall–Kier alpha value is -1.45. The number of nitrogens with one attached hydrogen (secondary N) is 1. The fourth-order valence-electron chi connectivity index (χ4n) is 1.49. The van der Waals surface area contributed by atoms with Crippen LogP contribution in [0.1, 0.15) is 26.3 Å². The number of carbonyl (C=O) groups excluding carboxylic acids is 1. The molecule has 0 saturated carbocycles. The van der Waals surface area contributed by atoms with Gasteiger partial charge in [-0.2, -0.15) is 0 Å². The maximum absolute atomic E-state index is 13.4. The summed E-state index contributed by atoms with van der Waals surface area (Å²) < 4.78 is 26.7. The predicted molar refractivity (Wildman–Crippen MR) is 62.5 cm³/mol. The smallest absolute Gasteiger partial charge is 0.222 e. The summed E-state index contributed by atoms with van der Waals surface area (Å²) in [5.41, 5.74) is 0.0176. The first-order valence-electron chi connectivity index (χ1n) is 5.65. The molecular formula is C13H17F2NO. The molecule has 0 fully saturated rings. The van der Waals surface area contributed by atoms with Crippen LogP contribution >= 0.6 is 0 Å². The lowest BCUT2D eigenvalue weighted by Crippen LogP contribution is -2.37. The molecule has 0 spiro atoms. The quantitative estimate of drug-likeness (QED) is 0.862. The van der Waals surface area contributed by atoms with Crippen molar-refractivity contribution in [2.24, 2.45) is 5.92 Å². The minimum atomic E-state index is -0.573. The number of hydrogen-bond donors (Lipinski definition) is 1. The SMILES string of the molecule is CC(Cc1c(F)cccc1F)NC(=O)C(C)C. The lowest BCUT2D eigenvalue weighted by Gasteiger charge is -2.16. The fourth-order valence-corrected chi connectivity index (χ4v) is 1.49. The average molecular weight is 241 g/mol. The molecule has 1 aromatic rings. The largest absolute Gasteiger partial charge is 0.353 e. The van der Waals surface area contributed by atoms with Crippen molar-refractivity contribution < 1.29 is 13.6 Å². The van der Waals surface area contributed by atoms with E-state index in [9.17, 15) is 13.6 Å². The summed E-state index contributed by atoms with van der Waals surface area (Å²) in [6, 6.07) is 3.47. The number of benzene rings is 1. The Morgan fingerprint density at radius 1 is 1.24 bits per heavy atom. The summed E-state index contributed by atoms with van der Waals surface area (Å²) >= 11 is 0. The van der Waals surface area contributed by atoms with Gasteiger partial charge in [-0.05, 0) is 25.5 Å². The third-order valence-electron chi connectivity index (χ3n) is 2.49. The van der Waals surface area contributed by atoms with E-state index in [4.69, 9.17) is 0 Å². The molecule has 1 N–H and O–H groups in total. The van der Waals surface area contributed by atoms with E-state index in [1.807, 2.05) is 0 Å². The van der Waals surface area contributed by atoms with Crippen molar-refractivity contribution >= 4 is 5.91 Å². The second-order valence-corrected chi connectivity index (χ2v) is 4.47. The number of hydrogen-bond acceptors (Lipinski definition) is 1. The van der Waals surface area contributed by atoms with E-state index >= 15 is 0 Å². The van der Waals surface area contributed by atoms with Crippen molar-refractivity contribution in [2.75, 3.05) is 0 Å². The Morgan fingerprint density at radius 3 is 2.24 bits per heavy atom. The maximum atomic E-state index is 13.4. The monoisotopic (exact) mass is 241 g/mol. The molecule has 1 atom stereocenters. The van der Waals surface area contributed by atoms with Gasteiger partial charge in [0.1, 0.15) is 11.6 Å². The van der Waals surface area contributed by atoms with E-state index in [1.165, 1.54) is 18.2 Å². The predicted octanol–water partition coefficient (Wildman–Crippen LogP) is 2.67. The molecular weight excluding hydrogens is 224 g/mol. The van der Waals surface area contributed by atoms with Gasteiger partial charge in [-0.15, -0.1) is 0 Å². The number of amides is 1. The third-order valence-corrected chi connectivity index (χ3v) is 2.49. The molecule has 1 rings (SSSR count). The van der Waals surface area contributed by atoms with Gasteiger partial charge in [0.15, 0.2) is 0 Å². The van der Waals surface area contributed by atoms with Crippen LogP contribution in [0.2, 0.25) is 0 Å². The van der Waals surface area contributed by atoms with Crippen molar-refractivity contribution in [1.29, 1.82) is 0 Å². The highest BCUT2D eigenvalue weighted by Gasteiger charge is 2.15. The van der Waals surface area contributed by atoms with Crippen molar-refractivity contribution in [2.45, 2.75) is 33.2 Å². The van der Waals surface area contributed by atoms with E-state index in [0.29, 0.717) is 0 Å². The minimum absolute atomic E-state index is 0.0176. The molecule has 0 heterocycles. The van der Waals surface area contributed by atoms with Crippen molar-refractivity contribution in [3.05, 3.63) is 35.4 Å². The van der Waals surface area contributed by atoms with Crippen LogP contribution in [0.4, 0.5) is 8.78 Å². The Labute approximate surface area is 100 Å². The number of rotatable bonds is 4. The average Bonchev–Trinajstić information content (AvgIpc) is 2.23. The van der Waals surface area contributed by atoms with Gasteiger partial charge >= 0.3 is 0 Å². The molecule has 0 radical (unpaired) electrons. The maximum Gasteiger partial charge on any atom is 0.222 e. The molecule has 1 aromatic carbocycles. The van der Waals surface area contributed by atoms with Crippen LogP contribution in [-0.2, 0) is 11.2 Å². The Kier molecular flexibility index (Phi) is 4.61. The first-order chi connectivity index (χ1) is 7.91. The summed E-state index contributed by atoms with van der Waals surface area (Å²) in [5, 5.41) is 2.71. The summed E-state index contributed by atoms with van der Waals surface area (Å²) in [6.07, 6.45) is 0.150. The van der Waals surface area contributed by atoms with E-state index in [-0.39, 0.29) is 29.9 Å². The zero-order valence-electron chi connectivity index (χ0n) is 10.3. The van der Waals surface area contributed by atoms with Crippen LogP contribution in [0.5, 0.6) is 0 Å². The summed E-state index contributed by atoms with van der Waals surface area (Å²) in [4.78, 5) is 11.4. The van der Waals surface area contributed by atoms with E-state index in [1.54, 1.807) is 20.8 Å². The van der Waals surface area contributed by atoms with Crippen LogP contribution in [0, 0.1) is 17.6 Å². The molecule has 17 heavy (non-hydrogen) atoms. The highest BCUT2D eigenvalue weighted by Crippen LogP contribution is 2.14. The Balaban J connectivity index is 2.68. The third kappa shape index (κ3) is 3.80. The highest BCUT2D eigenvalue weighted by molar-refractivity contribution is 5.78. The second-order valence-electron chi connectivity index (χ2n) is 4.47. The lowest BCUT2D eigenvalue weighted by molar-refractivity contribution is -0.124. The molecule has 1 amide bonds. The molecule has 0 bridgehead atoms. The minimum Gasteiger partial charge on any atom is -0.353 e. The van der Waals surface area contributed by atoms with Gasteiger partial charge in [0.25, 0.3) is 0 Å². The molecule has 1 unspecified atom stereocenters. The van der Waals surface area contributed by atoms with Gasteiger partial charge in [-0.25, -0.2) is 8.78 Å². The summed E-state index contributed by atoms with van der Waals surface area (Å²) in [7, 11) is 0. The van der Waals surface area contributed by atoms with E-state index < -0.39 is 11.6 Å². The molecule has 0 aliphatic carbocycles. The van der Waals surface area contributed by atoms with Crippen molar-refractivity contribution in [3.63, 3.8) is 0 Å². The lowest BCUT2D eigenvalue weighted by atomic mass is 10.1. The second kappa shape index (κ2) is 5.75. The summed E-state index contributed by atoms with van der Waals surface area (Å²) in [6.45, 7) is 5.27. The molecule has 94 valence electrons. The van der Waals surface area contributed by atoms with Gasteiger partial charge in [0, 0.05) is 17.5 Å². The molecule has 2 nitrogen and oxygen atoms in total. The Bertz CT molecular complexity index is 384. The van der Waals surface area contributed by atoms with Crippen LogP contribution in [0.25, 0.3) is 0 Å². The fraction of sp³-hybridized carbons (Fsp3) is 0.462. The van der Waals surface area contributed by atoms with Crippen LogP contribution in [0.3, 0.4) is 0 Å². The molecule has 0 aromatic heterocycles. The molecule has 0 saturated heterocycles. The van der Waals surface area contributed by atoms with Crippen LogP contribution in [0.15, 0.2) is 18.2 Å². The van der Waals surface area contributed by atoms with Crippen LogP contribution in [-0.4, -0.2) is 11.9 Å². The van der Waals surface area contributed by atoms with Gasteiger partial charge in [-0.3, -0.25) is 4.79 Å². The summed E-state index contributed by atoms with van der Waals surface area (Å²) in [5.74, 6) is -1.40. The molecule has 0 aliphatic heterocycles. The standard InChI is InChI=1S/C13H17F2NO/c1-8(2)13(17)16-9(3)7-10-11(14)5-4-6-12(10)15/h4-6,8-9H,7H2,1-3H3,(H,16,17). The molecule has 4 heteroatoms. The zero-order chi connectivity index (χ0) is 13.0. The first kappa shape index (κ1) is 13.6. The number of carbonyl (C=O) groups is 1. The Morgan fingerprint density at radius 2 is 1.76 bits per heavy atom. The van der Waals surface area contributed by atoms with Gasteiger partial charge in [-0.1, -0.05) is 19.9 Å². The van der Waals surface area contributed by atoms with E-state index in [0.717, 1.165) is 0 Å². The zero-order valence-corrected chi connectivity index (χ0v) is 10.3. The van der Waals surface area contributed by atoms with Crippen LogP contribution < -0.4 is 5.32 Å². The van der Waals surface area contributed by atoms with Gasteiger partial charge < -0.3 is 5.32 Å².